The van der Waals surface area contributed by atoms with Gasteiger partial charge in [0.15, 0.2) is 5.82 Å². The van der Waals surface area contributed by atoms with Crippen LogP contribution in [0.15, 0.2) is 24.4 Å². The predicted octanol–water partition coefficient (Wildman–Crippen LogP) is 2.96. The highest BCUT2D eigenvalue weighted by Gasteiger charge is 2.26. The summed E-state index contributed by atoms with van der Waals surface area (Å²) in [6.45, 7) is 9.54. The van der Waals surface area contributed by atoms with E-state index in [9.17, 15) is 5.11 Å². The molecule has 1 saturated heterocycles. The first-order valence-corrected chi connectivity index (χ1v) is 14.0. The molecule has 1 aliphatic carbocycles. The molecule has 38 heavy (non-hydrogen) atoms. The first-order valence-electron chi connectivity index (χ1n) is 14.0. The van der Waals surface area contributed by atoms with Crippen molar-refractivity contribution in [2.75, 3.05) is 57.5 Å². The smallest absolute Gasteiger partial charge is 0.222 e. The number of nitrogens with two attached hydrogens (primary N) is 1. The van der Waals surface area contributed by atoms with E-state index in [1.54, 1.807) is 13.3 Å². The number of aromatic nitrogens is 4. The molecule has 2 aliphatic rings. The zero-order chi connectivity index (χ0) is 26.5. The van der Waals surface area contributed by atoms with Gasteiger partial charge in [0.05, 0.1) is 19.9 Å². The summed E-state index contributed by atoms with van der Waals surface area (Å²) >= 11 is 0. The van der Waals surface area contributed by atoms with Crippen molar-refractivity contribution in [2.45, 2.75) is 58.2 Å². The zero-order valence-electron chi connectivity index (χ0n) is 22.8. The molecule has 1 saturated carbocycles. The van der Waals surface area contributed by atoms with Crippen molar-refractivity contribution in [1.82, 2.24) is 29.5 Å². The molecule has 0 radical (unpaired) electrons. The highest BCUT2D eigenvalue weighted by Crippen LogP contribution is 2.30. The minimum Gasteiger partial charge on any atom is -0.496 e. The quantitative estimate of drug-likeness (QED) is 0.311. The SMILES string of the molecule is CCC[C@@H](CCO)Nc1nc(N)nc2cnn(Cc3ccc(CN4CCN(CC5CC5)CC4)cc3OC)c12. The maximum absolute atomic E-state index is 9.51. The number of ether oxygens (including phenoxy) is 1. The Morgan fingerprint density at radius 2 is 1.89 bits per heavy atom. The van der Waals surface area contributed by atoms with Crippen LogP contribution in [0.3, 0.4) is 0 Å². The van der Waals surface area contributed by atoms with E-state index in [0.717, 1.165) is 55.2 Å². The van der Waals surface area contributed by atoms with Crippen LogP contribution in [0.2, 0.25) is 0 Å². The number of nitrogen functional groups attached to an aromatic ring is 1. The number of nitrogens with zero attached hydrogens (tertiary/aromatic N) is 6. The average molecular weight is 523 g/mol. The molecule has 0 amide bonds. The third-order valence-corrected chi connectivity index (χ3v) is 7.72. The van der Waals surface area contributed by atoms with Gasteiger partial charge in [-0.05, 0) is 43.2 Å². The van der Waals surface area contributed by atoms with Crippen LogP contribution in [0.1, 0.15) is 50.2 Å². The van der Waals surface area contributed by atoms with E-state index in [4.69, 9.17) is 10.5 Å². The van der Waals surface area contributed by atoms with Crippen molar-refractivity contribution in [1.29, 1.82) is 0 Å². The van der Waals surface area contributed by atoms with Gasteiger partial charge in [-0.1, -0.05) is 25.5 Å². The lowest BCUT2D eigenvalue weighted by Gasteiger charge is -2.34. The number of methoxy groups -OCH3 is 1. The first kappa shape index (κ1) is 26.6. The highest BCUT2D eigenvalue weighted by atomic mass is 16.5. The molecule has 0 spiro atoms. The largest absolute Gasteiger partial charge is 0.496 e. The molecule has 3 aromatic rings. The minimum absolute atomic E-state index is 0.0928. The van der Waals surface area contributed by atoms with Gasteiger partial charge in [0.2, 0.25) is 5.95 Å². The van der Waals surface area contributed by atoms with Crippen molar-refractivity contribution in [3.8, 4) is 5.75 Å². The van der Waals surface area contributed by atoms with Gasteiger partial charge < -0.3 is 25.8 Å². The van der Waals surface area contributed by atoms with Gasteiger partial charge in [-0.2, -0.15) is 10.1 Å². The van der Waals surface area contributed by atoms with Crippen molar-refractivity contribution in [3.05, 3.63) is 35.5 Å². The summed E-state index contributed by atoms with van der Waals surface area (Å²) in [7, 11) is 1.72. The van der Waals surface area contributed by atoms with E-state index in [2.05, 4.69) is 55.3 Å². The number of aliphatic hydroxyl groups is 1. The Morgan fingerprint density at radius 1 is 1.11 bits per heavy atom. The number of anilines is 2. The van der Waals surface area contributed by atoms with E-state index in [1.807, 2.05) is 4.68 Å². The van der Waals surface area contributed by atoms with Crippen LogP contribution in [-0.2, 0) is 13.1 Å². The first-order chi connectivity index (χ1) is 18.6. The summed E-state index contributed by atoms with van der Waals surface area (Å²) in [6.07, 6.45) is 7.12. The standard InChI is InChI=1S/C28H42N8O2/c1-3-4-23(9-14-37)31-27-26-24(32-28(29)33-27)16-30-36(26)19-22-8-7-21(15-25(22)38-2)18-35-12-10-34(11-13-35)17-20-5-6-20/h7-8,15-16,20,23,37H,3-6,9-14,17-19H2,1-2H3,(H3,29,31,32,33)/t23-/m0/s1. The Hall–Kier alpha value is -2.95. The number of aliphatic hydroxyl groups excluding tert-OH is 1. The number of nitrogens with one attached hydrogen (secondary N) is 1. The molecular formula is C28H42N8O2. The zero-order valence-corrected chi connectivity index (χ0v) is 22.8. The fourth-order valence-electron chi connectivity index (χ4n) is 5.46. The van der Waals surface area contributed by atoms with Gasteiger partial charge in [0, 0.05) is 57.5 Å². The molecule has 1 aromatic carbocycles. The molecule has 1 atom stereocenters. The van der Waals surface area contributed by atoms with Gasteiger partial charge >= 0.3 is 0 Å². The van der Waals surface area contributed by atoms with Gasteiger partial charge in [0.25, 0.3) is 0 Å². The summed E-state index contributed by atoms with van der Waals surface area (Å²) < 4.78 is 7.72. The van der Waals surface area contributed by atoms with Crippen molar-refractivity contribution >= 4 is 22.8 Å². The molecule has 3 heterocycles. The second-order valence-electron chi connectivity index (χ2n) is 10.8. The Bertz CT molecular complexity index is 1200. The van der Waals surface area contributed by atoms with E-state index < -0.39 is 0 Å². The van der Waals surface area contributed by atoms with Gasteiger partial charge in [-0.25, -0.2) is 4.98 Å². The molecule has 0 unspecified atom stereocenters. The fraction of sp³-hybridized carbons (Fsp3) is 0.607. The van der Waals surface area contributed by atoms with E-state index in [0.29, 0.717) is 24.3 Å². The summed E-state index contributed by atoms with van der Waals surface area (Å²) in [5.74, 6) is 2.66. The van der Waals surface area contributed by atoms with Crippen LogP contribution in [0.25, 0.3) is 11.0 Å². The molecule has 206 valence electrons. The lowest BCUT2D eigenvalue weighted by atomic mass is 10.1. The van der Waals surface area contributed by atoms with Crippen LogP contribution in [0, 0.1) is 5.92 Å². The van der Waals surface area contributed by atoms with Crippen molar-refractivity contribution in [3.63, 3.8) is 0 Å². The second kappa shape index (κ2) is 12.3. The van der Waals surface area contributed by atoms with Crippen molar-refractivity contribution < 1.29 is 9.84 Å². The normalized spacial score (nSPS) is 17.7. The molecular weight excluding hydrogens is 480 g/mol. The number of hydrogen-bond donors (Lipinski definition) is 3. The van der Waals surface area contributed by atoms with Crippen LogP contribution in [-0.4, -0.2) is 87.1 Å². The average Bonchev–Trinajstić information content (AvgIpc) is 3.64. The third kappa shape index (κ3) is 6.54. The number of piperazine rings is 1. The van der Waals surface area contributed by atoms with E-state index in [1.165, 1.54) is 38.0 Å². The van der Waals surface area contributed by atoms with Crippen LogP contribution < -0.4 is 15.8 Å². The summed E-state index contributed by atoms with van der Waals surface area (Å²) in [4.78, 5) is 14.1. The maximum atomic E-state index is 9.51. The second-order valence-corrected chi connectivity index (χ2v) is 10.8. The molecule has 4 N–H and O–H groups in total. The predicted molar refractivity (Wildman–Crippen MR) is 150 cm³/mol. The maximum Gasteiger partial charge on any atom is 0.222 e. The van der Waals surface area contributed by atoms with E-state index in [-0.39, 0.29) is 18.6 Å². The third-order valence-electron chi connectivity index (χ3n) is 7.72. The van der Waals surface area contributed by atoms with Crippen molar-refractivity contribution in [2.24, 2.45) is 5.92 Å². The molecule has 10 nitrogen and oxygen atoms in total. The highest BCUT2D eigenvalue weighted by molar-refractivity contribution is 5.86. The minimum atomic E-state index is 0.0928. The topological polar surface area (TPSA) is 118 Å². The van der Waals surface area contributed by atoms with E-state index >= 15 is 0 Å². The van der Waals surface area contributed by atoms with Gasteiger partial charge in [-0.3, -0.25) is 9.58 Å². The van der Waals surface area contributed by atoms with Crippen LogP contribution in [0.4, 0.5) is 11.8 Å². The van der Waals surface area contributed by atoms with Crippen LogP contribution >= 0.6 is 0 Å². The lowest BCUT2D eigenvalue weighted by molar-refractivity contribution is 0.123. The number of benzene rings is 1. The monoisotopic (exact) mass is 522 g/mol. The van der Waals surface area contributed by atoms with Gasteiger partial charge in [-0.15, -0.1) is 0 Å². The molecule has 10 heteroatoms. The molecule has 2 fully saturated rings. The Kier molecular flexibility index (Phi) is 8.61. The summed E-state index contributed by atoms with van der Waals surface area (Å²) in [6, 6.07) is 6.59. The Balaban J connectivity index is 1.30. The van der Waals surface area contributed by atoms with Gasteiger partial charge in [0.1, 0.15) is 16.8 Å². The number of hydrogen-bond acceptors (Lipinski definition) is 9. The Morgan fingerprint density at radius 3 is 2.61 bits per heavy atom. The Labute approximate surface area is 225 Å². The lowest BCUT2D eigenvalue weighted by Crippen LogP contribution is -2.46. The fourth-order valence-corrected chi connectivity index (χ4v) is 5.46. The summed E-state index contributed by atoms with van der Waals surface area (Å²) in [5, 5.41) is 17.6. The molecule has 0 bridgehead atoms. The molecule has 5 rings (SSSR count). The molecule has 1 aliphatic heterocycles. The molecule has 2 aromatic heterocycles. The van der Waals surface area contributed by atoms with Crippen LogP contribution in [0.5, 0.6) is 5.75 Å². The number of rotatable bonds is 13. The summed E-state index contributed by atoms with van der Waals surface area (Å²) in [5.41, 5.74) is 9.80. The number of fused-ring (bicyclic) bond motifs is 1.